The van der Waals surface area contributed by atoms with Crippen LogP contribution in [0.3, 0.4) is 0 Å². The van der Waals surface area contributed by atoms with E-state index in [1.807, 2.05) is 0 Å². The van der Waals surface area contributed by atoms with Crippen molar-refractivity contribution in [3.63, 3.8) is 0 Å². The van der Waals surface area contributed by atoms with Crippen LogP contribution in [0.4, 0.5) is 5.69 Å². The van der Waals surface area contributed by atoms with Crippen molar-refractivity contribution in [2.24, 2.45) is 0 Å². The maximum atomic E-state index is 12.2. The molecule has 0 radical (unpaired) electrons. The Labute approximate surface area is 140 Å². The van der Waals surface area contributed by atoms with E-state index in [-0.39, 0.29) is 27.9 Å². The van der Waals surface area contributed by atoms with E-state index in [4.69, 9.17) is 23.8 Å². The second kappa shape index (κ2) is 6.47. The highest BCUT2D eigenvalue weighted by Gasteiger charge is 2.31. The van der Waals surface area contributed by atoms with Crippen LogP contribution in [0, 0.1) is 10.1 Å². The average molecular weight is 356 g/mol. The Hall–Kier alpha value is -1.90. The number of halogens is 1. The summed E-state index contributed by atoms with van der Waals surface area (Å²) in [5, 5.41) is 22.9. The van der Waals surface area contributed by atoms with Gasteiger partial charge in [-0.3, -0.25) is 19.8 Å². The average Bonchev–Trinajstić information content (AvgIpc) is 2.70. The molecule has 0 N–H and O–H groups in total. The fraction of sp³-hybridized carbons (Fsp3) is 0.0769. The first-order valence-corrected chi connectivity index (χ1v) is 7.46. The zero-order valence-electron chi connectivity index (χ0n) is 10.9. The van der Waals surface area contributed by atoms with Crippen LogP contribution in [0.5, 0.6) is 5.75 Å². The second-order valence-electron chi connectivity index (χ2n) is 4.18. The maximum absolute atomic E-state index is 12.2. The third-order valence-corrected chi connectivity index (χ3v) is 4.33. The van der Waals surface area contributed by atoms with Gasteiger partial charge in [0.15, 0.2) is 0 Å². The van der Waals surface area contributed by atoms with Crippen LogP contribution in [0.2, 0.25) is 5.02 Å². The first kappa shape index (κ1) is 16.5. The molecule has 9 heteroatoms. The first-order valence-electron chi connectivity index (χ1n) is 5.86. The van der Waals surface area contributed by atoms with E-state index in [9.17, 15) is 20.0 Å². The van der Waals surface area contributed by atoms with Crippen molar-refractivity contribution in [3.8, 4) is 5.75 Å². The van der Waals surface area contributed by atoms with Gasteiger partial charge in [0, 0.05) is 17.6 Å². The zero-order chi connectivity index (χ0) is 16.4. The fourth-order valence-corrected chi connectivity index (χ4v) is 3.26. The lowest BCUT2D eigenvalue weighted by Gasteiger charge is -2.12. The van der Waals surface area contributed by atoms with E-state index < -0.39 is 16.4 Å². The normalized spacial score (nSPS) is 16.4. The quantitative estimate of drug-likeness (QED) is 0.271. The molecule has 1 amide bonds. The Morgan fingerprint density at radius 1 is 1.50 bits per heavy atom. The molecule has 1 aromatic rings. The highest BCUT2D eigenvalue weighted by atomic mass is 35.5. The third kappa shape index (κ3) is 3.13. The minimum absolute atomic E-state index is 0.0293. The van der Waals surface area contributed by atoms with Gasteiger partial charge < -0.3 is 5.11 Å². The molecule has 1 saturated heterocycles. The number of nitrogens with zero attached hydrogens (tertiary/aromatic N) is 2. The molecule has 0 spiro atoms. The number of hydrogen-bond acceptors (Lipinski definition) is 6. The Bertz CT molecular complexity index is 733. The van der Waals surface area contributed by atoms with Crippen LogP contribution in [-0.4, -0.2) is 26.6 Å². The van der Waals surface area contributed by atoms with Gasteiger partial charge >= 0.3 is 0 Å². The van der Waals surface area contributed by atoms with Crippen LogP contribution in [0.15, 0.2) is 29.7 Å². The van der Waals surface area contributed by atoms with Crippen molar-refractivity contribution in [3.05, 3.63) is 50.4 Å². The minimum Gasteiger partial charge on any atom is -0.867 e. The lowest BCUT2D eigenvalue weighted by Crippen LogP contribution is -2.27. The Morgan fingerprint density at radius 3 is 2.77 bits per heavy atom. The zero-order valence-corrected chi connectivity index (χ0v) is 13.3. The molecule has 1 aromatic carbocycles. The molecule has 0 saturated carbocycles. The van der Waals surface area contributed by atoms with Crippen molar-refractivity contribution >= 4 is 57.6 Å². The van der Waals surface area contributed by atoms with Gasteiger partial charge in [0.05, 0.1) is 9.83 Å². The standard InChI is InChI=1S/C13H9ClN2O4S2/c1-2-3-15-12(18)10(22-13(15)21)5-7-4-8(14)6-9(11(7)17)16(19)20/h2,4-6,17H,1,3H2/p-1/b10-5+. The molecule has 0 unspecified atom stereocenters. The molecular formula is C13H8ClN2O4S2-. The van der Waals surface area contributed by atoms with Gasteiger partial charge in [-0.25, -0.2) is 0 Å². The third-order valence-electron chi connectivity index (χ3n) is 2.73. The first-order chi connectivity index (χ1) is 10.3. The van der Waals surface area contributed by atoms with E-state index in [2.05, 4.69) is 6.58 Å². The lowest BCUT2D eigenvalue weighted by molar-refractivity contribution is -0.398. The number of carbonyl (C=O) groups is 1. The number of thioether (sulfide) groups is 1. The minimum atomic E-state index is -0.811. The monoisotopic (exact) mass is 355 g/mol. The molecule has 2 rings (SSSR count). The number of nitro groups is 1. The molecule has 0 atom stereocenters. The summed E-state index contributed by atoms with van der Waals surface area (Å²) in [6.07, 6.45) is 2.79. The molecule has 0 aliphatic carbocycles. The van der Waals surface area contributed by atoms with Crippen molar-refractivity contribution in [2.45, 2.75) is 0 Å². The largest absolute Gasteiger partial charge is 0.867 e. The molecule has 1 heterocycles. The number of thiocarbonyl (C=S) groups is 1. The van der Waals surface area contributed by atoms with E-state index in [0.29, 0.717) is 4.32 Å². The Balaban J connectivity index is 2.46. The van der Waals surface area contributed by atoms with E-state index >= 15 is 0 Å². The Kier molecular flexibility index (Phi) is 4.84. The van der Waals surface area contributed by atoms with Crippen LogP contribution in [0.1, 0.15) is 5.56 Å². The summed E-state index contributed by atoms with van der Waals surface area (Å²) in [5.41, 5.74) is -0.668. The van der Waals surface area contributed by atoms with Gasteiger partial charge in [0.25, 0.3) is 11.6 Å². The van der Waals surface area contributed by atoms with Crippen molar-refractivity contribution in [1.29, 1.82) is 0 Å². The Morgan fingerprint density at radius 2 is 2.18 bits per heavy atom. The second-order valence-corrected chi connectivity index (χ2v) is 6.29. The fourth-order valence-electron chi connectivity index (χ4n) is 1.77. The van der Waals surface area contributed by atoms with Crippen LogP contribution in [0.25, 0.3) is 6.08 Å². The SMILES string of the molecule is C=CCN1C(=O)/C(=C\c2cc(Cl)cc([N+](=O)[O-])c2[O-])SC1=S. The molecule has 1 fully saturated rings. The number of rotatable bonds is 4. The van der Waals surface area contributed by atoms with Crippen LogP contribution in [-0.2, 0) is 4.79 Å². The molecule has 1 aliphatic heterocycles. The molecule has 0 bridgehead atoms. The highest BCUT2D eigenvalue weighted by molar-refractivity contribution is 8.26. The number of benzene rings is 1. The van der Waals surface area contributed by atoms with Crippen molar-refractivity contribution in [1.82, 2.24) is 4.90 Å². The van der Waals surface area contributed by atoms with Crippen molar-refractivity contribution in [2.75, 3.05) is 6.54 Å². The van der Waals surface area contributed by atoms with Gasteiger partial charge in [-0.2, -0.15) is 0 Å². The summed E-state index contributed by atoms with van der Waals surface area (Å²) in [5.74, 6) is -1.18. The molecule has 1 aliphatic rings. The lowest BCUT2D eigenvalue weighted by atomic mass is 10.1. The summed E-state index contributed by atoms with van der Waals surface area (Å²) in [6, 6.07) is 2.25. The molecule has 22 heavy (non-hydrogen) atoms. The van der Waals surface area contributed by atoms with E-state index in [1.54, 1.807) is 0 Å². The van der Waals surface area contributed by atoms with Crippen molar-refractivity contribution < 1.29 is 14.8 Å². The maximum Gasteiger partial charge on any atom is 0.266 e. The van der Waals surface area contributed by atoms with Gasteiger partial charge in [0.2, 0.25) is 0 Å². The van der Waals surface area contributed by atoms with Gasteiger partial charge in [-0.05, 0) is 23.5 Å². The van der Waals surface area contributed by atoms with Gasteiger partial charge in [0.1, 0.15) is 4.32 Å². The van der Waals surface area contributed by atoms with E-state index in [1.165, 1.54) is 23.1 Å². The van der Waals surface area contributed by atoms with Crippen LogP contribution >= 0.6 is 35.6 Å². The van der Waals surface area contributed by atoms with Gasteiger partial charge in [-0.15, -0.1) is 6.58 Å². The molecule has 114 valence electrons. The summed E-state index contributed by atoms with van der Waals surface area (Å²) in [6.45, 7) is 3.79. The summed E-state index contributed by atoms with van der Waals surface area (Å²) in [4.78, 5) is 23.7. The van der Waals surface area contributed by atoms with Crippen LogP contribution < -0.4 is 5.11 Å². The topological polar surface area (TPSA) is 86.5 Å². The molecule has 6 nitrogen and oxygen atoms in total. The smallest absolute Gasteiger partial charge is 0.266 e. The summed E-state index contributed by atoms with van der Waals surface area (Å²) in [7, 11) is 0. The molecular weight excluding hydrogens is 348 g/mol. The summed E-state index contributed by atoms with van der Waals surface area (Å²) >= 11 is 11.9. The molecule has 0 aromatic heterocycles. The number of carbonyl (C=O) groups excluding carboxylic acids is 1. The number of nitro benzene ring substituents is 1. The van der Waals surface area contributed by atoms with E-state index in [0.717, 1.165) is 17.8 Å². The number of amides is 1. The predicted molar refractivity (Wildman–Crippen MR) is 87.6 cm³/mol. The number of hydrogen-bond donors (Lipinski definition) is 0. The van der Waals surface area contributed by atoms with Gasteiger partial charge in [-0.1, -0.05) is 41.7 Å². The highest BCUT2D eigenvalue weighted by Crippen LogP contribution is 2.37. The predicted octanol–water partition coefficient (Wildman–Crippen LogP) is 2.71. The summed E-state index contributed by atoms with van der Waals surface area (Å²) < 4.78 is 0.333.